The molecule has 9 heteroatoms. The lowest BCUT2D eigenvalue weighted by atomic mass is 10.1. The number of hydrogen-bond donors (Lipinski definition) is 2. The summed E-state index contributed by atoms with van der Waals surface area (Å²) in [6.07, 6.45) is 1.37. The maximum Gasteiger partial charge on any atom is 0.337 e. The van der Waals surface area contributed by atoms with Crippen molar-refractivity contribution in [1.29, 1.82) is 5.26 Å². The summed E-state index contributed by atoms with van der Waals surface area (Å²) >= 11 is 9.36. The molecule has 0 saturated heterocycles. The van der Waals surface area contributed by atoms with Gasteiger partial charge >= 0.3 is 5.97 Å². The number of amides is 1. The van der Waals surface area contributed by atoms with Gasteiger partial charge in [-0.25, -0.2) is 4.79 Å². The van der Waals surface area contributed by atoms with Crippen LogP contribution in [0.4, 0.5) is 5.69 Å². The van der Waals surface area contributed by atoms with Gasteiger partial charge in [0.25, 0.3) is 5.91 Å². The van der Waals surface area contributed by atoms with Crippen molar-refractivity contribution in [3.63, 3.8) is 0 Å². The van der Waals surface area contributed by atoms with Crippen molar-refractivity contribution in [1.82, 2.24) is 0 Å². The average Bonchev–Trinajstić information content (AvgIpc) is 2.82. The first-order valence-corrected chi connectivity index (χ1v) is 11.0. The Morgan fingerprint density at radius 1 is 1.18 bits per heavy atom. The predicted molar refractivity (Wildman–Crippen MR) is 132 cm³/mol. The van der Waals surface area contributed by atoms with E-state index < -0.39 is 11.9 Å². The Hall–Kier alpha value is -3.80. The maximum atomic E-state index is 12.6. The third-order valence-corrected chi connectivity index (χ3v) is 5.47. The number of para-hydroxylation sites is 1. The molecule has 0 unspecified atom stereocenters. The largest absolute Gasteiger partial charge is 0.493 e. The minimum Gasteiger partial charge on any atom is -0.493 e. The van der Waals surface area contributed by atoms with E-state index in [2.05, 4.69) is 21.2 Å². The van der Waals surface area contributed by atoms with Gasteiger partial charge in [-0.05, 0) is 69.5 Å². The van der Waals surface area contributed by atoms with Crippen LogP contribution in [0.1, 0.15) is 21.5 Å². The van der Waals surface area contributed by atoms with Crippen LogP contribution in [0.2, 0.25) is 5.02 Å². The van der Waals surface area contributed by atoms with Gasteiger partial charge in [0, 0.05) is 5.02 Å². The fourth-order valence-electron chi connectivity index (χ4n) is 2.98. The van der Waals surface area contributed by atoms with E-state index in [0.29, 0.717) is 26.6 Å². The second-order valence-electron chi connectivity index (χ2n) is 6.92. The number of hydrogen-bond acceptors (Lipinski definition) is 5. The second-order valence-corrected chi connectivity index (χ2v) is 8.21. The van der Waals surface area contributed by atoms with Crippen LogP contribution in [-0.4, -0.2) is 24.1 Å². The van der Waals surface area contributed by atoms with Crippen molar-refractivity contribution < 1.29 is 24.2 Å². The molecular weight excluding hydrogens is 524 g/mol. The number of carbonyl (C=O) groups is 2. The van der Waals surface area contributed by atoms with Crippen LogP contribution in [0.3, 0.4) is 0 Å². The molecule has 0 spiro atoms. The number of nitrogens with one attached hydrogen (secondary N) is 1. The third kappa shape index (κ3) is 6.16. The highest BCUT2D eigenvalue weighted by Crippen LogP contribution is 2.38. The van der Waals surface area contributed by atoms with E-state index in [1.54, 1.807) is 36.4 Å². The summed E-state index contributed by atoms with van der Waals surface area (Å²) in [6.45, 7) is 0.274. The SMILES string of the molecule is COc1cc(/C=C(\C#N)C(=O)Nc2ccccc2C(=O)O)cc(Br)c1OCc1ccc(Cl)cc1. The molecule has 0 fully saturated rings. The topological polar surface area (TPSA) is 109 Å². The highest BCUT2D eigenvalue weighted by atomic mass is 79.9. The summed E-state index contributed by atoms with van der Waals surface area (Å²) in [5, 5.41) is 21.9. The summed E-state index contributed by atoms with van der Waals surface area (Å²) in [5.41, 5.74) is 1.20. The average molecular weight is 542 g/mol. The van der Waals surface area contributed by atoms with E-state index in [-0.39, 0.29) is 23.4 Å². The third-order valence-electron chi connectivity index (χ3n) is 4.63. The molecule has 0 radical (unpaired) electrons. The molecule has 1 amide bonds. The number of ether oxygens (including phenoxy) is 2. The first kappa shape index (κ1) is 24.8. The summed E-state index contributed by atoms with van der Waals surface area (Å²) in [6, 6.07) is 18.3. The van der Waals surface area contributed by atoms with Crippen LogP contribution in [0.15, 0.2) is 70.7 Å². The predicted octanol–water partition coefficient (Wildman–Crippen LogP) is 5.93. The Labute approximate surface area is 209 Å². The standard InChI is InChI=1S/C25H18BrClN2O5/c1-33-22-12-16(11-20(26)23(22)34-14-15-6-8-18(27)9-7-15)10-17(13-28)24(30)29-21-5-3-2-4-19(21)25(31)32/h2-12H,14H2,1H3,(H,29,30)(H,31,32)/b17-10+. The summed E-state index contributed by atoms with van der Waals surface area (Å²) in [7, 11) is 1.48. The lowest BCUT2D eigenvalue weighted by Gasteiger charge is -2.14. The van der Waals surface area contributed by atoms with Crippen LogP contribution in [0, 0.1) is 11.3 Å². The van der Waals surface area contributed by atoms with Gasteiger partial charge < -0.3 is 19.9 Å². The second kappa shape index (κ2) is 11.4. The molecule has 0 aliphatic rings. The summed E-state index contributed by atoms with van der Waals surface area (Å²) in [5.74, 6) is -1.09. The molecule has 0 aliphatic heterocycles. The number of anilines is 1. The molecule has 2 N–H and O–H groups in total. The van der Waals surface area contributed by atoms with E-state index in [0.717, 1.165) is 5.56 Å². The summed E-state index contributed by atoms with van der Waals surface area (Å²) < 4.78 is 11.9. The van der Waals surface area contributed by atoms with Gasteiger partial charge in [-0.15, -0.1) is 0 Å². The number of carboxylic acids is 1. The van der Waals surface area contributed by atoms with Crippen molar-refractivity contribution in [2.75, 3.05) is 12.4 Å². The zero-order chi connectivity index (χ0) is 24.7. The normalized spacial score (nSPS) is 10.8. The lowest BCUT2D eigenvalue weighted by molar-refractivity contribution is -0.112. The van der Waals surface area contributed by atoms with Gasteiger partial charge in [0.15, 0.2) is 11.5 Å². The van der Waals surface area contributed by atoms with E-state index in [4.69, 9.17) is 21.1 Å². The summed E-state index contributed by atoms with van der Waals surface area (Å²) in [4.78, 5) is 24.0. The maximum absolute atomic E-state index is 12.6. The van der Waals surface area contributed by atoms with Crippen LogP contribution >= 0.6 is 27.5 Å². The highest BCUT2D eigenvalue weighted by molar-refractivity contribution is 9.10. The van der Waals surface area contributed by atoms with Crippen molar-refractivity contribution >= 4 is 51.2 Å². The van der Waals surface area contributed by atoms with Crippen LogP contribution in [0.25, 0.3) is 6.08 Å². The Balaban J connectivity index is 1.84. The molecule has 3 aromatic rings. The number of rotatable bonds is 8. The van der Waals surface area contributed by atoms with Gasteiger partial charge in [-0.3, -0.25) is 4.79 Å². The first-order chi connectivity index (χ1) is 16.3. The quantitative estimate of drug-likeness (QED) is 0.270. The number of benzene rings is 3. The monoisotopic (exact) mass is 540 g/mol. The zero-order valence-corrected chi connectivity index (χ0v) is 20.2. The molecule has 0 bridgehead atoms. The number of halogens is 2. The van der Waals surface area contributed by atoms with E-state index in [1.165, 1.54) is 25.3 Å². The first-order valence-electron chi connectivity index (χ1n) is 9.82. The Morgan fingerprint density at radius 3 is 2.53 bits per heavy atom. The molecular formula is C25H18BrClN2O5. The number of carbonyl (C=O) groups excluding carboxylic acids is 1. The van der Waals surface area contributed by atoms with Crippen molar-refractivity contribution in [2.45, 2.75) is 6.61 Å². The van der Waals surface area contributed by atoms with Gasteiger partial charge in [-0.2, -0.15) is 5.26 Å². The van der Waals surface area contributed by atoms with Crippen molar-refractivity contribution in [3.8, 4) is 17.6 Å². The smallest absolute Gasteiger partial charge is 0.337 e. The highest BCUT2D eigenvalue weighted by Gasteiger charge is 2.16. The van der Waals surface area contributed by atoms with Gasteiger partial charge in [0.05, 0.1) is 22.8 Å². The number of carboxylic acid groups (broad SMARTS) is 1. The van der Waals surface area contributed by atoms with Gasteiger partial charge in [0.1, 0.15) is 18.2 Å². The molecule has 0 atom stereocenters. The van der Waals surface area contributed by atoms with E-state index >= 15 is 0 Å². The van der Waals surface area contributed by atoms with Crippen LogP contribution in [0.5, 0.6) is 11.5 Å². The minimum absolute atomic E-state index is 0.0836. The van der Waals surface area contributed by atoms with Crippen molar-refractivity contribution in [2.24, 2.45) is 0 Å². The molecule has 172 valence electrons. The van der Waals surface area contributed by atoms with E-state index in [9.17, 15) is 20.0 Å². The molecule has 0 aliphatic carbocycles. The molecule has 3 rings (SSSR count). The number of nitrogens with zero attached hydrogens (tertiary/aromatic N) is 1. The molecule has 0 aromatic heterocycles. The molecule has 0 heterocycles. The number of methoxy groups -OCH3 is 1. The van der Waals surface area contributed by atoms with Crippen LogP contribution < -0.4 is 14.8 Å². The Bertz CT molecular complexity index is 1300. The molecule has 3 aromatic carbocycles. The molecule has 0 saturated carbocycles. The van der Waals surface area contributed by atoms with Crippen molar-refractivity contribution in [3.05, 3.63) is 92.4 Å². The van der Waals surface area contributed by atoms with Gasteiger partial charge in [-0.1, -0.05) is 35.9 Å². The minimum atomic E-state index is -1.19. The van der Waals surface area contributed by atoms with Crippen LogP contribution in [-0.2, 0) is 11.4 Å². The molecule has 34 heavy (non-hydrogen) atoms. The number of aromatic carboxylic acids is 1. The van der Waals surface area contributed by atoms with Gasteiger partial charge in [0.2, 0.25) is 0 Å². The molecule has 7 nitrogen and oxygen atoms in total. The Kier molecular flexibility index (Phi) is 8.30. The zero-order valence-electron chi connectivity index (χ0n) is 17.8. The lowest BCUT2D eigenvalue weighted by Crippen LogP contribution is -2.16. The fourth-order valence-corrected chi connectivity index (χ4v) is 3.68. The van der Waals surface area contributed by atoms with E-state index in [1.807, 2.05) is 18.2 Å². The number of nitriles is 1. The Morgan fingerprint density at radius 2 is 1.88 bits per heavy atom. The fraction of sp³-hybridized carbons (Fsp3) is 0.0800.